The normalized spacial score (nSPS) is 17.2. The number of hydrogen-bond acceptors (Lipinski definition) is 4. The summed E-state index contributed by atoms with van der Waals surface area (Å²) >= 11 is 6.32. The molecule has 0 aromatic heterocycles. The molecule has 2 amide bonds. The van der Waals surface area contributed by atoms with Crippen LogP contribution in [0.5, 0.6) is 0 Å². The van der Waals surface area contributed by atoms with E-state index >= 15 is 0 Å². The lowest BCUT2D eigenvalue weighted by Gasteiger charge is -2.30. The fourth-order valence-corrected chi connectivity index (χ4v) is 4.78. The van der Waals surface area contributed by atoms with Gasteiger partial charge < -0.3 is 10.0 Å². The molecule has 2 aliphatic heterocycles. The molecular weight excluding hydrogens is 424 g/mol. The summed E-state index contributed by atoms with van der Waals surface area (Å²) in [5.41, 5.74) is 5.37. The minimum atomic E-state index is -0.210. The Morgan fingerprint density at radius 3 is 2.31 bits per heavy atom. The van der Waals surface area contributed by atoms with Crippen molar-refractivity contribution in [3.05, 3.63) is 99.4 Å². The average Bonchev–Trinajstić information content (AvgIpc) is 2.94. The summed E-state index contributed by atoms with van der Waals surface area (Å²) < 4.78 is 0. The quantitative estimate of drug-likeness (QED) is 0.491. The van der Waals surface area contributed by atoms with Crippen LogP contribution in [0.25, 0.3) is 0 Å². The van der Waals surface area contributed by atoms with E-state index in [1.807, 2.05) is 24.3 Å². The number of carbonyl (C=O) groups is 2. The fraction of sp³-hybridized carbons (Fsp3) is 0.231. The van der Waals surface area contributed by atoms with E-state index in [1.165, 1.54) is 10.5 Å². The minimum absolute atomic E-state index is 0.210. The molecule has 2 heterocycles. The van der Waals surface area contributed by atoms with Gasteiger partial charge in [-0.15, -0.1) is 0 Å². The number of anilines is 1. The zero-order valence-corrected chi connectivity index (χ0v) is 18.3. The third-order valence-corrected chi connectivity index (χ3v) is 6.46. The van der Waals surface area contributed by atoms with E-state index in [4.69, 9.17) is 11.6 Å². The largest absolute Gasteiger partial charge is 0.512 e. The molecule has 0 atom stereocenters. The van der Waals surface area contributed by atoms with E-state index in [0.29, 0.717) is 47.8 Å². The molecule has 1 aliphatic carbocycles. The van der Waals surface area contributed by atoms with E-state index in [0.717, 1.165) is 29.8 Å². The van der Waals surface area contributed by atoms with Gasteiger partial charge in [0.1, 0.15) is 0 Å². The second-order valence-electron chi connectivity index (χ2n) is 8.26. The Balaban J connectivity index is 1.32. The molecule has 0 radical (unpaired) electrons. The summed E-state index contributed by atoms with van der Waals surface area (Å²) in [5.74, 6) is -0.0637. The molecule has 2 aromatic carbocycles. The van der Waals surface area contributed by atoms with Crippen molar-refractivity contribution < 1.29 is 14.7 Å². The van der Waals surface area contributed by atoms with Crippen LogP contribution in [0.15, 0.2) is 77.7 Å². The SMILES string of the molecule is O=C1c2ccccc2C(=O)N1CCCCN1C2=CC=C(O)CC2=CCc2ccc(Cl)cc21. The number of aliphatic hydroxyl groups is 1. The van der Waals surface area contributed by atoms with Crippen LogP contribution in [0.2, 0.25) is 5.02 Å². The van der Waals surface area contributed by atoms with Crippen LogP contribution in [0.1, 0.15) is 45.5 Å². The maximum absolute atomic E-state index is 12.6. The number of aliphatic hydroxyl groups excluding tert-OH is 1. The van der Waals surface area contributed by atoms with Crippen molar-refractivity contribution in [2.24, 2.45) is 0 Å². The van der Waals surface area contributed by atoms with E-state index in [-0.39, 0.29) is 11.8 Å². The topological polar surface area (TPSA) is 60.9 Å². The zero-order chi connectivity index (χ0) is 22.2. The maximum Gasteiger partial charge on any atom is 0.261 e. The first kappa shape index (κ1) is 20.6. The maximum atomic E-state index is 12.6. The summed E-state index contributed by atoms with van der Waals surface area (Å²) in [7, 11) is 0. The number of amides is 2. The second-order valence-corrected chi connectivity index (χ2v) is 8.70. The predicted molar refractivity (Wildman–Crippen MR) is 125 cm³/mol. The molecule has 162 valence electrons. The van der Waals surface area contributed by atoms with E-state index in [1.54, 1.807) is 30.3 Å². The smallest absolute Gasteiger partial charge is 0.261 e. The molecule has 0 saturated heterocycles. The van der Waals surface area contributed by atoms with Gasteiger partial charge in [0.15, 0.2) is 0 Å². The minimum Gasteiger partial charge on any atom is -0.512 e. The van der Waals surface area contributed by atoms with Crippen LogP contribution in [0.4, 0.5) is 5.69 Å². The molecule has 1 N–H and O–H groups in total. The lowest BCUT2D eigenvalue weighted by molar-refractivity contribution is 0.0652. The molecule has 0 saturated carbocycles. The molecule has 0 fully saturated rings. The van der Waals surface area contributed by atoms with E-state index in [2.05, 4.69) is 11.0 Å². The third kappa shape index (κ3) is 3.63. The number of rotatable bonds is 5. The Bertz CT molecular complexity index is 1180. The second kappa shape index (κ2) is 8.32. The van der Waals surface area contributed by atoms with Gasteiger partial charge >= 0.3 is 0 Å². The van der Waals surface area contributed by atoms with Crippen LogP contribution in [-0.4, -0.2) is 34.9 Å². The predicted octanol–water partition coefficient (Wildman–Crippen LogP) is 5.43. The van der Waals surface area contributed by atoms with Gasteiger partial charge in [-0.25, -0.2) is 0 Å². The Labute approximate surface area is 191 Å². The van der Waals surface area contributed by atoms with Crippen molar-refractivity contribution in [2.45, 2.75) is 25.7 Å². The van der Waals surface area contributed by atoms with Crippen molar-refractivity contribution in [2.75, 3.05) is 18.0 Å². The van der Waals surface area contributed by atoms with Crippen molar-refractivity contribution in [1.82, 2.24) is 4.90 Å². The summed E-state index contributed by atoms with van der Waals surface area (Å²) in [6, 6.07) is 12.9. The zero-order valence-electron chi connectivity index (χ0n) is 17.6. The van der Waals surface area contributed by atoms with Crippen molar-refractivity contribution >= 4 is 29.1 Å². The molecule has 0 bridgehead atoms. The van der Waals surface area contributed by atoms with Gasteiger partial charge in [0.2, 0.25) is 0 Å². The van der Waals surface area contributed by atoms with Crippen molar-refractivity contribution in [3.8, 4) is 0 Å². The Morgan fingerprint density at radius 2 is 1.59 bits per heavy atom. The van der Waals surface area contributed by atoms with Gasteiger partial charge in [-0.3, -0.25) is 14.5 Å². The number of hydrogen-bond donors (Lipinski definition) is 1. The summed E-state index contributed by atoms with van der Waals surface area (Å²) in [6.45, 7) is 1.11. The Kier molecular flexibility index (Phi) is 5.35. The van der Waals surface area contributed by atoms with Crippen molar-refractivity contribution in [1.29, 1.82) is 0 Å². The first-order chi connectivity index (χ1) is 15.5. The van der Waals surface area contributed by atoms with Crippen LogP contribution < -0.4 is 4.90 Å². The van der Waals surface area contributed by atoms with Crippen LogP contribution in [-0.2, 0) is 6.42 Å². The molecule has 6 heteroatoms. The molecule has 0 unspecified atom stereocenters. The van der Waals surface area contributed by atoms with Gasteiger partial charge in [-0.2, -0.15) is 0 Å². The van der Waals surface area contributed by atoms with Gasteiger partial charge in [-0.05, 0) is 66.8 Å². The number of benzene rings is 2. The molecule has 5 rings (SSSR count). The van der Waals surface area contributed by atoms with E-state index < -0.39 is 0 Å². The Hall–Kier alpha value is -3.31. The number of unbranched alkanes of at least 4 members (excludes halogenated alkanes) is 1. The Morgan fingerprint density at radius 1 is 0.906 bits per heavy atom. The standard InChI is InChI=1S/C26H23ClN2O3/c27-19-10-9-17-7-8-18-15-20(30)11-12-23(18)28(24(17)16-19)13-3-4-14-29-25(31)21-5-1-2-6-22(21)26(29)32/h1-2,5-6,8-12,16,30H,3-4,7,13-15H2. The third-order valence-electron chi connectivity index (χ3n) is 6.22. The molecule has 32 heavy (non-hydrogen) atoms. The fourth-order valence-electron chi connectivity index (χ4n) is 4.61. The van der Waals surface area contributed by atoms with Gasteiger partial charge in [0.05, 0.1) is 16.9 Å². The van der Waals surface area contributed by atoms with E-state index in [9.17, 15) is 14.7 Å². The highest BCUT2D eigenvalue weighted by molar-refractivity contribution is 6.30. The molecule has 0 spiro atoms. The molecular formula is C26H23ClN2O3. The lowest BCUT2D eigenvalue weighted by Crippen LogP contribution is -2.32. The molecule has 5 nitrogen and oxygen atoms in total. The number of nitrogens with zero attached hydrogens (tertiary/aromatic N) is 2. The summed E-state index contributed by atoms with van der Waals surface area (Å²) in [5, 5.41) is 10.7. The lowest BCUT2D eigenvalue weighted by atomic mass is 10.0. The summed E-state index contributed by atoms with van der Waals surface area (Å²) in [4.78, 5) is 28.8. The highest BCUT2D eigenvalue weighted by Gasteiger charge is 2.34. The van der Waals surface area contributed by atoms with Gasteiger partial charge in [0.25, 0.3) is 11.8 Å². The highest BCUT2D eigenvalue weighted by Crippen LogP contribution is 2.37. The van der Waals surface area contributed by atoms with Gasteiger partial charge in [-0.1, -0.05) is 35.9 Å². The number of imide groups is 1. The van der Waals surface area contributed by atoms with Gasteiger partial charge in [0, 0.05) is 35.9 Å². The highest BCUT2D eigenvalue weighted by atomic mass is 35.5. The first-order valence-electron chi connectivity index (χ1n) is 10.8. The van der Waals surface area contributed by atoms with Crippen LogP contribution in [0.3, 0.4) is 0 Å². The monoisotopic (exact) mass is 446 g/mol. The van der Waals surface area contributed by atoms with Crippen molar-refractivity contribution in [3.63, 3.8) is 0 Å². The number of carbonyl (C=O) groups excluding carboxylic acids is 2. The summed E-state index contributed by atoms with van der Waals surface area (Å²) in [6.07, 6.45) is 8.64. The van der Waals surface area contributed by atoms with Crippen LogP contribution in [0, 0.1) is 0 Å². The molecule has 2 aromatic rings. The van der Waals surface area contributed by atoms with Crippen LogP contribution >= 0.6 is 11.6 Å². The first-order valence-corrected chi connectivity index (χ1v) is 11.2. The number of fused-ring (bicyclic) bond motifs is 3. The average molecular weight is 447 g/mol. The molecule has 3 aliphatic rings. The number of halogens is 1. The number of allylic oxidation sites excluding steroid dienone is 5.